The van der Waals surface area contributed by atoms with Crippen LogP contribution < -0.4 is 20.7 Å². The van der Waals surface area contributed by atoms with Crippen LogP contribution in [0.3, 0.4) is 0 Å². The minimum absolute atomic E-state index is 0.0917. The highest BCUT2D eigenvalue weighted by molar-refractivity contribution is 7.18. The van der Waals surface area contributed by atoms with Gasteiger partial charge in [-0.2, -0.15) is 0 Å². The highest BCUT2D eigenvalue weighted by atomic mass is 32.1. The largest absolute Gasteiger partial charge is 0.494 e. The molecule has 4 aromatic rings. The molecule has 1 atom stereocenters. The lowest BCUT2D eigenvalue weighted by Crippen LogP contribution is -2.54. The number of thiazole rings is 1. The number of rotatable bonds is 11. The normalized spacial score (nSPS) is 21.9. The SMILES string of the molecule is COc1cc2nc(C3CCC(CN4CC(CCNc5cccc6c5C(=O)N(C5CCC(=O)NC5=O)C6=O)C4)CC3)sc2cc1NC(=O)c1cccc(C)n1. The quantitative estimate of drug-likeness (QED) is 0.170. The highest BCUT2D eigenvalue weighted by Gasteiger charge is 2.45. The van der Waals surface area contributed by atoms with Crippen molar-refractivity contribution in [3.8, 4) is 5.75 Å². The highest BCUT2D eigenvalue weighted by Crippen LogP contribution is 2.42. The summed E-state index contributed by atoms with van der Waals surface area (Å²) >= 11 is 1.70. The van der Waals surface area contributed by atoms with E-state index in [1.807, 2.05) is 31.2 Å². The number of hydrogen-bond acceptors (Lipinski definition) is 11. The molecule has 1 saturated carbocycles. The van der Waals surface area contributed by atoms with Gasteiger partial charge in [-0.25, -0.2) is 9.97 Å². The molecule has 13 nitrogen and oxygen atoms in total. The number of methoxy groups -OCH3 is 1. The van der Waals surface area contributed by atoms with Gasteiger partial charge in [0.2, 0.25) is 11.8 Å². The van der Waals surface area contributed by atoms with E-state index in [2.05, 4.69) is 25.8 Å². The minimum atomic E-state index is -0.977. The Labute approximate surface area is 316 Å². The molecule has 54 heavy (non-hydrogen) atoms. The number of fused-ring (bicyclic) bond motifs is 2. The van der Waals surface area contributed by atoms with E-state index in [1.165, 1.54) is 12.8 Å². The summed E-state index contributed by atoms with van der Waals surface area (Å²) in [7, 11) is 1.59. The monoisotopic (exact) mass is 749 g/mol. The molecule has 14 heteroatoms. The van der Waals surface area contributed by atoms with Gasteiger partial charge in [-0.3, -0.25) is 34.2 Å². The number of likely N-dealkylation sites (tertiary alicyclic amines) is 1. The van der Waals surface area contributed by atoms with Gasteiger partial charge in [-0.05, 0) is 87.6 Å². The summed E-state index contributed by atoms with van der Waals surface area (Å²) in [6, 6.07) is 13.4. The third kappa shape index (κ3) is 7.07. The Hall–Kier alpha value is -5.21. The summed E-state index contributed by atoms with van der Waals surface area (Å²) in [6.45, 7) is 5.73. The van der Waals surface area contributed by atoms with Crippen molar-refractivity contribution in [3.63, 3.8) is 0 Å². The molecule has 5 amide bonds. The molecule has 280 valence electrons. The number of piperidine rings is 1. The maximum atomic E-state index is 13.4. The number of amides is 5. The molecular weight excluding hydrogens is 707 g/mol. The van der Waals surface area contributed by atoms with Crippen molar-refractivity contribution >= 4 is 62.5 Å². The first-order chi connectivity index (χ1) is 26.1. The predicted octanol–water partition coefficient (Wildman–Crippen LogP) is 5.37. The maximum absolute atomic E-state index is 13.4. The molecule has 3 fully saturated rings. The maximum Gasteiger partial charge on any atom is 0.274 e. The molecule has 2 aromatic heterocycles. The zero-order valence-corrected chi connectivity index (χ0v) is 31.2. The van der Waals surface area contributed by atoms with Crippen LogP contribution in [0.25, 0.3) is 10.2 Å². The van der Waals surface area contributed by atoms with Gasteiger partial charge in [-0.1, -0.05) is 12.1 Å². The molecule has 0 spiro atoms. The average Bonchev–Trinajstić information content (AvgIpc) is 3.68. The van der Waals surface area contributed by atoms with E-state index in [1.54, 1.807) is 42.7 Å². The second kappa shape index (κ2) is 14.9. The van der Waals surface area contributed by atoms with E-state index in [0.29, 0.717) is 52.7 Å². The summed E-state index contributed by atoms with van der Waals surface area (Å²) in [5, 5.41) is 9.74. The van der Waals surface area contributed by atoms with Crippen molar-refractivity contribution in [2.24, 2.45) is 11.8 Å². The van der Waals surface area contributed by atoms with Crippen LogP contribution in [0.5, 0.6) is 5.75 Å². The van der Waals surface area contributed by atoms with E-state index < -0.39 is 29.7 Å². The molecule has 1 unspecified atom stereocenters. The topological polar surface area (TPSA) is 163 Å². The van der Waals surface area contributed by atoms with Crippen LogP contribution in [-0.2, 0) is 9.59 Å². The second-order valence-corrected chi connectivity index (χ2v) is 15.9. The van der Waals surface area contributed by atoms with Crippen molar-refractivity contribution in [1.29, 1.82) is 0 Å². The van der Waals surface area contributed by atoms with Gasteiger partial charge in [0.1, 0.15) is 17.5 Å². The number of carbonyl (C=O) groups excluding carboxylic acids is 5. The molecule has 3 aliphatic heterocycles. The molecule has 0 bridgehead atoms. The van der Waals surface area contributed by atoms with E-state index >= 15 is 0 Å². The number of benzene rings is 2. The van der Waals surface area contributed by atoms with Crippen LogP contribution in [0, 0.1) is 18.8 Å². The van der Waals surface area contributed by atoms with Crippen LogP contribution in [0.4, 0.5) is 11.4 Å². The number of ether oxygens (including phenoxy) is 1. The lowest BCUT2D eigenvalue weighted by atomic mass is 9.81. The molecule has 3 N–H and O–H groups in total. The smallest absolute Gasteiger partial charge is 0.274 e. The van der Waals surface area contributed by atoms with Crippen molar-refractivity contribution in [2.45, 2.75) is 63.8 Å². The van der Waals surface area contributed by atoms with Crippen molar-refractivity contribution in [3.05, 3.63) is 76.1 Å². The van der Waals surface area contributed by atoms with Gasteiger partial charge in [0.25, 0.3) is 17.7 Å². The molecule has 0 radical (unpaired) electrons. The first kappa shape index (κ1) is 35.8. The molecule has 8 rings (SSSR count). The summed E-state index contributed by atoms with van der Waals surface area (Å²) in [5.74, 6) is -0.0513. The first-order valence-electron chi connectivity index (χ1n) is 18.7. The van der Waals surface area contributed by atoms with E-state index in [4.69, 9.17) is 9.72 Å². The third-order valence-electron chi connectivity index (χ3n) is 11.2. The van der Waals surface area contributed by atoms with E-state index in [9.17, 15) is 24.0 Å². The van der Waals surface area contributed by atoms with E-state index in [-0.39, 0.29) is 24.3 Å². The third-order valence-corrected chi connectivity index (χ3v) is 12.4. The number of anilines is 2. The fourth-order valence-electron chi connectivity index (χ4n) is 8.31. The number of hydrogen-bond donors (Lipinski definition) is 3. The molecule has 2 saturated heterocycles. The zero-order valence-electron chi connectivity index (χ0n) is 30.4. The standard InChI is InChI=1S/C40H43N7O6S/c1-22-5-3-8-28(42-22)36(49)43-29-18-33-30(17-32(29)53-2)44-38(54-33)25-11-9-23(10-12-25)19-46-20-24(21-46)15-16-41-27-7-4-6-26-35(27)40(52)47(39(26)51)31-13-14-34(48)45-37(31)50/h3-8,17-18,23-25,31,41H,9-16,19-21H2,1-2H3,(H,43,49)(H,45,48,50). The van der Waals surface area contributed by atoms with Crippen molar-refractivity contribution < 1.29 is 28.7 Å². The summed E-state index contributed by atoms with van der Waals surface area (Å²) in [5.41, 5.74) is 3.81. The van der Waals surface area contributed by atoms with Crippen LogP contribution in [0.15, 0.2) is 48.5 Å². The van der Waals surface area contributed by atoms with Crippen LogP contribution in [0.2, 0.25) is 0 Å². The van der Waals surface area contributed by atoms with Gasteiger partial charge >= 0.3 is 0 Å². The number of imide groups is 2. The van der Waals surface area contributed by atoms with Gasteiger partial charge in [0, 0.05) is 56.0 Å². The lowest BCUT2D eigenvalue weighted by Gasteiger charge is -2.42. The Balaban J connectivity index is 0.793. The lowest BCUT2D eigenvalue weighted by molar-refractivity contribution is -0.136. The summed E-state index contributed by atoms with van der Waals surface area (Å²) < 4.78 is 6.63. The van der Waals surface area contributed by atoms with Crippen LogP contribution >= 0.6 is 11.3 Å². The number of pyridine rings is 1. The van der Waals surface area contributed by atoms with Crippen LogP contribution in [-0.4, -0.2) is 88.6 Å². The Bertz CT molecular complexity index is 2160. The second-order valence-electron chi connectivity index (χ2n) is 14.9. The summed E-state index contributed by atoms with van der Waals surface area (Å²) in [6.07, 6.45) is 5.72. The zero-order chi connectivity index (χ0) is 37.5. The molecule has 4 aliphatic rings. The van der Waals surface area contributed by atoms with Crippen molar-refractivity contribution in [1.82, 2.24) is 25.1 Å². The van der Waals surface area contributed by atoms with Crippen LogP contribution in [0.1, 0.15) is 92.8 Å². The first-order valence-corrected chi connectivity index (χ1v) is 19.5. The number of nitrogens with one attached hydrogen (secondary N) is 3. The predicted molar refractivity (Wildman–Crippen MR) is 204 cm³/mol. The summed E-state index contributed by atoms with van der Waals surface area (Å²) in [4.78, 5) is 76.4. The molecule has 5 heterocycles. The number of aromatic nitrogens is 2. The molecule has 2 aromatic carbocycles. The van der Waals surface area contributed by atoms with Crippen molar-refractivity contribution in [2.75, 3.05) is 43.9 Å². The molecular formula is C40H43N7O6S. The fourth-order valence-corrected chi connectivity index (χ4v) is 9.47. The van der Waals surface area contributed by atoms with Gasteiger partial charge in [0.15, 0.2) is 0 Å². The Morgan fingerprint density at radius 2 is 1.74 bits per heavy atom. The average molecular weight is 750 g/mol. The Morgan fingerprint density at radius 1 is 0.944 bits per heavy atom. The van der Waals surface area contributed by atoms with E-state index in [0.717, 1.165) is 64.7 Å². The van der Waals surface area contributed by atoms with Gasteiger partial charge in [0.05, 0.1) is 39.1 Å². The fraction of sp³-hybridized carbons (Fsp3) is 0.425. The Morgan fingerprint density at radius 3 is 2.50 bits per heavy atom. The minimum Gasteiger partial charge on any atom is -0.494 e. The number of aryl methyl sites for hydroxylation is 1. The Kier molecular flexibility index (Phi) is 9.88. The van der Waals surface area contributed by atoms with Gasteiger partial charge < -0.3 is 20.3 Å². The number of carbonyl (C=O) groups is 5. The number of nitrogens with zero attached hydrogens (tertiary/aromatic N) is 4. The molecule has 1 aliphatic carbocycles. The van der Waals surface area contributed by atoms with Gasteiger partial charge in [-0.15, -0.1) is 11.3 Å².